The van der Waals surface area contributed by atoms with E-state index in [4.69, 9.17) is 9.47 Å². The van der Waals surface area contributed by atoms with Crippen LogP contribution in [0.5, 0.6) is 5.75 Å². The number of hydrogen-bond donors (Lipinski definition) is 0. The van der Waals surface area contributed by atoms with Crippen LogP contribution in [0, 0.1) is 5.82 Å². The van der Waals surface area contributed by atoms with Gasteiger partial charge in [0.1, 0.15) is 29.4 Å². The Morgan fingerprint density at radius 3 is 2.21 bits per heavy atom. The molecule has 184 valence electrons. The molecule has 4 rings (SSSR count). The van der Waals surface area contributed by atoms with E-state index >= 15 is 0 Å². The van der Waals surface area contributed by atoms with Crippen LogP contribution < -0.4 is 4.74 Å². The molecule has 0 N–H and O–H groups in total. The van der Waals surface area contributed by atoms with Crippen molar-refractivity contribution in [3.05, 3.63) is 59.3 Å². The lowest BCUT2D eigenvalue weighted by Gasteiger charge is -2.39. The number of alkyl halides is 6. The summed E-state index contributed by atoms with van der Waals surface area (Å²) in [7, 11) is 1.52. The van der Waals surface area contributed by atoms with Gasteiger partial charge in [0.15, 0.2) is 5.65 Å². The lowest BCUT2D eigenvalue weighted by molar-refractivity contribution is -0.138. The predicted octanol–water partition coefficient (Wildman–Crippen LogP) is 5.86. The van der Waals surface area contributed by atoms with Crippen LogP contribution in [-0.2, 0) is 22.9 Å². The molecule has 12 heteroatoms. The molecule has 34 heavy (non-hydrogen) atoms. The minimum absolute atomic E-state index is 0.347. The molecule has 0 spiro atoms. The standard InChI is InChI=1S/C22H20F7N3O2/c1-33-20(13-2-4-14(23)5-3-13)9-6-15(7-10-20)34-16-8-11-32-17(12-21(24,25)26)30-31-19(32)18(16)22(27,28)29/h2-5,8,11,15H,6-7,9-10,12H2,1H3/t15-,20-. The van der Waals surface area contributed by atoms with E-state index in [-0.39, 0.29) is 0 Å². The SMILES string of the molecule is CO[C@]1(c2ccc(F)cc2)CC[C@@H](Oc2ccn3c(CC(F)(F)F)nnc3c2C(F)(F)F)CC1. The Morgan fingerprint density at radius 2 is 1.65 bits per heavy atom. The van der Waals surface area contributed by atoms with Gasteiger partial charge < -0.3 is 9.47 Å². The third-order valence-corrected chi connectivity index (χ3v) is 6.05. The molecule has 2 heterocycles. The normalized spacial score (nSPS) is 21.7. The summed E-state index contributed by atoms with van der Waals surface area (Å²) in [5, 5.41) is 6.68. The lowest BCUT2D eigenvalue weighted by Crippen LogP contribution is -2.37. The van der Waals surface area contributed by atoms with Gasteiger partial charge in [-0.1, -0.05) is 12.1 Å². The van der Waals surface area contributed by atoms with Gasteiger partial charge in [-0.15, -0.1) is 10.2 Å². The summed E-state index contributed by atoms with van der Waals surface area (Å²) < 4.78 is 105. The average Bonchev–Trinajstić information content (AvgIpc) is 3.15. The molecular weight excluding hydrogens is 471 g/mol. The predicted molar refractivity (Wildman–Crippen MR) is 106 cm³/mol. The number of aromatic nitrogens is 3. The van der Waals surface area contributed by atoms with E-state index in [1.807, 2.05) is 0 Å². The number of rotatable bonds is 5. The second-order valence-electron chi connectivity index (χ2n) is 8.18. The van der Waals surface area contributed by atoms with Gasteiger partial charge in [0.25, 0.3) is 0 Å². The van der Waals surface area contributed by atoms with Gasteiger partial charge in [-0.25, -0.2) is 4.39 Å². The van der Waals surface area contributed by atoms with Crippen LogP contribution in [-0.4, -0.2) is 34.0 Å². The highest BCUT2D eigenvalue weighted by molar-refractivity contribution is 5.57. The van der Waals surface area contributed by atoms with E-state index in [1.54, 1.807) is 12.1 Å². The van der Waals surface area contributed by atoms with Crippen LogP contribution in [0.25, 0.3) is 5.65 Å². The minimum atomic E-state index is -4.93. The third-order valence-electron chi connectivity index (χ3n) is 6.05. The van der Waals surface area contributed by atoms with Crippen LogP contribution in [0.15, 0.2) is 36.5 Å². The number of fused-ring (bicyclic) bond motifs is 1. The lowest BCUT2D eigenvalue weighted by atomic mass is 9.78. The zero-order valence-electron chi connectivity index (χ0n) is 17.9. The molecule has 5 nitrogen and oxygen atoms in total. The summed E-state index contributed by atoms with van der Waals surface area (Å²) in [5.74, 6) is -1.57. The maximum atomic E-state index is 13.9. The zero-order valence-corrected chi connectivity index (χ0v) is 17.9. The molecule has 3 aromatic rings. The molecule has 0 amide bonds. The van der Waals surface area contributed by atoms with E-state index in [2.05, 4.69) is 10.2 Å². The van der Waals surface area contributed by atoms with Crippen molar-refractivity contribution in [3.8, 4) is 5.75 Å². The number of hydrogen-bond acceptors (Lipinski definition) is 4. The number of ether oxygens (including phenoxy) is 2. The Kier molecular flexibility index (Phi) is 6.21. The molecule has 1 saturated carbocycles. The van der Waals surface area contributed by atoms with Crippen molar-refractivity contribution in [3.63, 3.8) is 0 Å². The molecule has 0 saturated heterocycles. The summed E-state index contributed by atoms with van der Waals surface area (Å²) in [5.41, 5.74) is -1.99. The van der Waals surface area contributed by atoms with Crippen molar-refractivity contribution in [1.82, 2.24) is 14.6 Å². The van der Waals surface area contributed by atoms with E-state index < -0.39 is 59.1 Å². The fraction of sp³-hybridized carbons (Fsp3) is 0.455. The van der Waals surface area contributed by atoms with Gasteiger partial charge in [-0.2, -0.15) is 26.3 Å². The van der Waals surface area contributed by atoms with Crippen LogP contribution in [0.4, 0.5) is 30.7 Å². The summed E-state index contributed by atoms with van der Waals surface area (Å²) in [6, 6.07) is 6.83. The highest BCUT2D eigenvalue weighted by atomic mass is 19.4. The minimum Gasteiger partial charge on any atom is -0.490 e. The topological polar surface area (TPSA) is 48.7 Å². The average molecular weight is 491 g/mol. The molecule has 0 radical (unpaired) electrons. The first-order valence-electron chi connectivity index (χ1n) is 10.4. The van der Waals surface area contributed by atoms with Crippen molar-refractivity contribution in [2.75, 3.05) is 7.11 Å². The highest BCUT2D eigenvalue weighted by Gasteiger charge is 2.42. The largest absolute Gasteiger partial charge is 0.490 e. The fourth-order valence-corrected chi connectivity index (χ4v) is 4.37. The van der Waals surface area contributed by atoms with E-state index in [9.17, 15) is 30.7 Å². The molecule has 1 fully saturated rings. The molecule has 1 aliphatic rings. The maximum Gasteiger partial charge on any atom is 0.423 e. The zero-order chi connectivity index (χ0) is 24.7. The first-order chi connectivity index (χ1) is 15.9. The van der Waals surface area contributed by atoms with Crippen molar-refractivity contribution in [2.45, 2.75) is 56.2 Å². The molecule has 0 bridgehead atoms. The first kappa shape index (κ1) is 24.2. The number of benzene rings is 1. The summed E-state index contributed by atoms with van der Waals surface area (Å²) in [4.78, 5) is 0. The quantitative estimate of drug-likeness (QED) is 0.420. The Labute approximate surface area is 189 Å². The third kappa shape index (κ3) is 4.82. The van der Waals surface area contributed by atoms with Gasteiger partial charge in [-0.3, -0.25) is 4.40 Å². The maximum absolute atomic E-state index is 13.9. The van der Waals surface area contributed by atoms with Gasteiger partial charge in [0.05, 0.1) is 11.7 Å². The molecule has 0 aliphatic heterocycles. The smallest absolute Gasteiger partial charge is 0.423 e. The highest BCUT2D eigenvalue weighted by Crippen LogP contribution is 2.44. The van der Waals surface area contributed by atoms with E-state index in [0.717, 1.165) is 17.8 Å². The van der Waals surface area contributed by atoms with Crippen LogP contribution in [0.1, 0.15) is 42.6 Å². The number of pyridine rings is 1. The van der Waals surface area contributed by atoms with Crippen molar-refractivity contribution in [2.24, 2.45) is 0 Å². The van der Waals surface area contributed by atoms with E-state index in [1.165, 1.54) is 19.2 Å². The first-order valence-corrected chi connectivity index (χ1v) is 10.4. The Bertz CT molecular complexity index is 1150. The number of halogens is 7. The number of nitrogens with zero attached hydrogens (tertiary/aromatic N) is 3. The Hall–Kier alpha value is -2.89. The van der Waals surface area contributed by atoms with Crippen molar-refractivity contribution in [1.29, 1.82) is 0 Å². The van der Waals surface area contributed by atoms with Crippen molar-refractivity contribution >= 4 is 5.65 Å². The fourth-order valence-electron chi connectivity index (χ4n) is 4.37. The van der Waals surface area contributed by atoms with Crippen LogP contribution in [0.2, 0.25) is 0 Å². The Balaban J connectivity index is 1.58. The molecule has 0 atom stereocenters. The van der Waals surface area contributed by atoms with Crippen LogP contribution in [0.3, 0.4) is 0 Å². The second kappa shape index (κ2) is 8.71. The van der Waals surface area contributed by atoms with Gasteiger partial charge in [-0.05, 0) is 49.4 Å². The van der Waals surface area contributed by atoms with Gasteiger partial charge in [0, 0.05) is 13.3 Å². The molecule has 1 aromatic carbocycles. The van der Waals surface area contributed by atoms with E-state index in [0.29, 0.717) is 30.1 Å². The molecule has 1 aliphatic carbocycles. The monoisotopic (exact) mass is 491 g/mol. The summed E-state index contributed by atoms with van der Waals surface area (Å²) >= 11 is 0. The molecular formula is C22H20F7N3O2. The van der Waals surface area contributed by atoms with Crippen molar-refractivity contribution < 1.29 is 40.2 Å². The molecule has 0 unspecified atom stereocenters. The van der Waals surface area contributed by atoms with Gasteiger partial charge >= 0.3 is 12.4 Å². The van der Waals surface area contributed by atoms with Crippen LogP contribution >= 0.6 is 0 Å². The Morgan fingerprint density at radius 1 is 1.00 bits per heavy atom. The number of methoxy groups -OCH3 is 1. The van der Waals surface area contributed by atoms with Gasteiger partial charge in [0.2, 0.25) is 0 Å². The summed E-state index contributed by atoms with van der Waals surface area (Å²) in [6.07, 6.45) is -9.12. The summed E-state index contributed by atoms with van der Waals surface area (Å²) in [6.45, 7) is 0. The second-order valence-corrected chi connectivity index (χ2v) is 8.18. The molecule has 2 aromatic heterocycles.